The molecule has 0 aromatic heterocycles. The van der Waals surface area contributed by atoms with Crippen LogP contribution in [-0.2, 0) is 6.54 Å². The number of fused-ring (bicyclic) bond motifs is 2. The first-order chi connectivity index (χ1) is 9.74. The van der Waals surface area contributed by atoms with Gasteiger partial charge in [-0.3, -0.25) is 4.90 Å². The molecule has 2 unspecified atom stereocenters. The average molecular weight is 276 g/mol. The summed E-state index contributed by atoms with van der Waals surface area (Å²) >= 11 is 0. The van der Waals surface area contributed by atoms with E-state index in [2.05, 4.69) is 10.2 Å². The first-order valence-electron chi connectivity index (χ1n) is 7.67. The van der Waals surface area contributed by atoms with E-state index in [0.717, 1.165) is 25.7 Å². The van der Waals surface area contributed by atoms with Gasteiger partial charge in [-0.05, 0) is 43.9 Å². The molecule has 110 valence electrons. The Kier molecular flexibility index (Phi) is 4.13. The molecule has 2 heterocycles. The number of nitrogens with one attached hydrogen (secondary N) is 1. The van der Waals surface area contributed by atoms with Crippen LogP contribution in [0, 0.1) is 0 Å². The van der Waals surface area contributed by atoms with E-state index in [1.807, 2.05) is 19.1 Å². The number of benzene rings is 1. The van der Waals surface area contributed by atoms with Crippen molar-refractivity contribution < 1.29 is 9.84 Å². The van der Waals surface area contributed by atoms with Crippen molar-refractivity contribution in [1.82, 2.24) is 10.2 Å². The van der Waals surface area contributed by atoms with Gasteiger partial charge in [0.15, 0.2) is 11.5 Å². The van der Waals surface area contributed by atoms with E-state index in [1.165, 1.54) is 24.8 Å². The second-order valence-electron chi connectivity index (χ2n) is 5.90. The van der Waals surface area contributed by atoms with Crippen LogP contribution in [0.5, 0.6) is 11.5 Å². The van der Waals surface area contributed by atoms with Crippen LogP contribution in [0.15, 0.2) is 18.2 Å². The fourth-order valence-corrected chi connectivity index (χ4v) is 3.35. The number of rotatable bonds is 4. The van der Waals surface area contributed by atoms with Crippen LogP contribution in [0.1, 0.15) is 31.7 Å². The quantitative estimate of drug-likeness (QED) is 0.884. The van der Waals surface area contributed by atoms with E-state index in [-0.39, 0.29) is 5.75 Å². The van der Waals surface area contributed by atoms with Crippen LogP contribution in [0.25, 0.3) is 0 Å². The SMILES string of the molecule is CCOc1cc(CN2CCC3CCC(C2)N3)ccc1O. The van der Waals surface area contributed by atoms with Crippen LogP contribution in [0.4, 0.5) is 0 Å². The van der Waals surface area contributed by atoms with Crippen LogP contribution >= 0.6 is 0 Å². The second kappa shape index (κ2) is 6.02. The second-order valence-corrected chi connectivity index (χ2v) is 5.90. The Morgan fingerprint density at radius 2 is 2.15 bits per heavy atom. The summed E-state index contributed by atoms with van der Waals surface area (Å²) < 4.78 is 5.46. The van der Waals surface area contributed by atoms with Crippen LogP contribution in [0.2, 0.25) is 0 Å². The van der Waals surface area contributed by atoms with Gasteiger partial charge in [0.2, 0.25) is 0 Å². The minimum absolute atomic E-state index is 0.229. The van der Waals surface area contributed by atoms with Gasteiger partial charge in [0.25, 0.3) is 0 Å². The molecule has 1 aromatic carbocycles. The maximum Gasteiger partial charge on any atom is 0.161 e. The number of nitrogens with zero attached hydrogens (tertiary/aromatic N) is 1. The molecule has 2 aliphatic heterocycles. The van der Waals surface area contributed by atoms with Gasteiger partial charge in [0.1, 0.15) is 0 Å². The molecular weight excluding hydrogens is 252 g/mol. The van der Waals surface area contributed by atoms with Crippen molar-refractivity contribution in [1.29, 1.82) is 0 Å². The molecule has 0 amide bonds. The average Bonchev–Trinajstić information content (AvgIpc) is 2.77. The van der Waals surface area contributed by atoms with Crippen molar-refractivity contribution in [2.75, 3.05) is 19.7 Å². The van der Waals surface area contributed by atoms with Gasteiger partial charge in [0.05, 0.1) is 6.61 Å². The zero-order valence-electron chi connectivity index (χ0n) is 12.1. The highest BCUT2D eigenvalue weighted by atomic mass is 16.5. The minimum Gasteiger partial charge on any atom is -0.504 e. The van der Waals surface area contributed by atoms with E-state index in [1.54, 1.807) is 6.07 Å². The van der Waals surface area contributed by atoms with Crippen LogP contribution in [0.3, 0.4) is 0 Å². The molecule has 3 rings (SSSR count). The van der Waals surface area contributed by atoms with Crippen molar-refractivity contribution in [3.63, 3.8) is 0 Å². The number of aromatic hydroxyl groups is 1. The molecule has 2 aliphatic rings. The highest BCUT2D eigenvalue weighted by Gasteiger charge is 2.29. The summed E-state index contributed by atoms with van der Waals surface area (Å²) in [6, 6.07) is 7.08. The maximum atomic E-state index is 9.75. The van der Waals surface area contributed by atoms with E-state index < -0.39 is 0 Å². The monoisotopic (exact) mass is 276 g/mol. The summed E-state index contributed by atoms with van der Waals surface area (Å²) in [5.74, 6) is 0.826. The molecular formula is C16H24N2O2. The Morgan fingerprint density at radius 3 is 3.00 bits per heavy atom. The normalized spacial score (nSPS) is 26.4. The minimum atomic E-state index is 0.229. The number of phenolic OH excluding ortho intramolecular Hbond substituents is 1. The van der Waals surface area contributed by atoms with Gasteiger partial charge in [-0.1, -0.05) is 6.07 Å². The smallest absolute Gasteiger partial charge is 0.161 e. The van der Waals surface area contributed by atoms with Crippen molar-refractivity contribution >= 4 is 0 Å². The predicted molar refractivity (Wildman–Crippen MR) is 79.1 cm³/mol. The molecule has 1 aromatic rings. The van der Waals surface area contributed by atoms with Gasteiger partial charge in [-0.15, -0.1) is 0 Å². The summed E-state index contributed by atoms with van der Waals surface area (Å²) in [7, 11) is 0. The molecule has 0 saturated carbocycles. The summed E-state index contributed by atoms with van der Waals surface area (Å²) in [4.78, 5) is 2.51. The third-order valence-electron chi connectivity index (χ3n) is 4.34. The lowest BCUT2D eigenvalue weighted by atomic mass is 10.1. The number of phenols is 1. The number of hydrogen-bond donors (Lipinski definition) is 2. The first kappa shape index (κ1) is 13.7. The molecule has 2 bridgehead atoms. The molecule has 0 aliphatic carbocycles. The van der Waals surface area contributed by atoms with Gasteiger partial charge in [-0.2, -0.15) is 0 Å². The zero-order valence-corrected chi connectivity index (χ0v) is 12.1. The third-order valence-corrected chi connectivity index (χ3v) is 4.34. The predicted octanol–water partition coefficient (Wildman–Crippen LogP) is 2.12. The van der Waals surface area contributed by atoms with E-state index in [0.29, 0.717) is 18.4 Å². The lowest BCUT2D eigenvalue weighted by molar-refractivity contribution is 0.250. The molecule has 0 radical (unpaired) electrons. The van der Waals surface area contributed by atoms with Gasteiger partial charge in [-0.25, -0.2) is 0 Å². The number of ether oxygens (including phenoxy) is 1. The van der Waals surface area contributed by atoms with E-state index in [9.17, 15) is 5.11 Å². The molecule has 4 heteroatoms. The van der Waals surface area contributed by atoms with Crippen LogP contribution in [-0.4, -0.2) is 41.8 Å². The van der Waals surface area contributed by atoms with Gasteiger partial charge >= 0.3 is 0 Å². The van der Waals surface area contributed by atoms with Crippen molar-refractivity contribution in [2.45, 2.75) is 44.8 Å². The summed E-state index contributed by atoms with van der Waals surface area (Å²) in [5, 5.41) is 13.5. The van der Waals surface area contributed by atoms with Crippen molar-refractivity contribution in [3.05, 3.63) is 23.8 Å². The lowest BCUT2D eigenvalue weighted by Crippen LogP contribution is -2.34. The fraction of sp³-hybridized carbons (Fsp3) is 0.625. The highest BCUT2D eigenvalue weighted by Crippen LogP contribution is 2.28. The first-order valence-corrected chi connectivity index (χ1v) is 7.67. The molecule has 2 N–H and O–H groups in total. The molecule has 2 atom stereocenters. The lowest BCUT2D eigenvalue weighted by Gasteiger charge is -2.24. The van der Waals surface area contributed by atoms with Crippen molar-refractivity contribution in [2.24, 2.45) is 0 Å². The van der Waals surface area contributed by atoms with Gasteiger partial charge in [0, 0.05) is 31.7 Å². The fourth-order valence-electron chi connectivity index (χ4n) is 3.35. The third kappa shape index (κ3) is 3.07. The Hall–Kier alpha value is -1.26. The Labute approximate surface area is 120 Å². The standard InChI is InChI=1S/C16H24N2O2/c1-2-20-16-9-12(3-6-15(16)19)10-18-8-7-13-4-5-14(11-18)17-13/h3,6,9,13-14,17,19H,2,4-5,7-8,10-11H2,1H3. The zero-order chi connectivity index (χ0) is 13.9. The Morgan fingerprint density at radius 1 is 1.30 bits per heavy atom. The number of likely N-dealkylation sites (tertiary alicyclic amines) is 1. The Bertz CT molecular complexity index is 464. The largest absolute Gasteiger partial charge is 0.504 e. The molecule has 20 heavy (non-hydrogen) atoms. The van der Waals surface area contributed by atoms with Crippen LogP contribution < -0.4 is 10.1 Å². The van der Waals surface area contributed by atoms with Crippen molar-refractivity contribution in [3.8, 4) is 11.5 Å². The maximum absolute atomic E-state index is 9.75. The van der Waals surface area contributed by atoms with E-state index in [4.69, 9.17) is 4.74 Å². The van der Waals surface area contributed by atoms with Gasteiger partial charge < -0.3 is 15.2 Å². The molecule has 4 nitrogen and oxygen atoms in total. The number of hydrogen-bond acceptors (Lipinski definition) is 4. The molecule has 0 spiro atoms. The Balaban J connectivity index is 1.66. The molecule has 2 saturated heterocycles. The summed E-state index contributed by atoms with van der Waals surface area (Å²) in [5.41, 5.74) is 1.21. The topological polar surface area (TPSA) is 44.7 Å². The summed E-state index contributed by atoms with van der Waals surface area (Å²) in [6.07, 6.45) is 3.89. The molecule has 2 fully saturated rings. The van der Waals surface area contributed by atoms with E-state index >= 15 is 0 Å². The summed E-state index contributed by atoms with van der Waals surface area (Å²) in [6.45, 7) is 5.73. The highest BCUT2D eigenvalue weighted by molar-refractivity contribution is 5.41.